The van der Waals surface area contributed by atoms with Gasteiger partial charge in [-0.1, -0.05) is 48.6 Å². The van der Waals surface area contributed by atoms with Crippen LogP contribution in [0.1, 0.15) is 16.7 Å². The topological polar surface area (TPSA) is 35.2 Å². The van der Waals surface area contributed by atoms with Crippen molar-refractivity contribution < 1.29 is 4.74 Å². The Morgan fingerprint density at radius 1 is 1.00 bits per heavy atom. The maximum atomic E-state index is 5.71. The molecule has 2 rings (SSSR count). The second kappa shape index (κ2) is 6.03. The first-order chi connectivity index (χ1) is 8.83. The molecule has 0 amide bonds. The zero-order chi connectivity index (χ0) is 12.8. The van der Waals surface area contributed by atoms with Crippen molar-refractivity contribution in [3.05, 3.63) is 65.2 Å². The van der Waals surface area contributed by atoms with Crippen LogP contribution in [0, 0.1) is 0 Å². The van der Waals surface area contributed by atoms with Gasteiger partial charge in [-0.25, -0.2) is 0 Å². The van der Waals surface area contributed by atoms with Crippen LogP contribution in [0.25, 0.3) is 12.2 Å². The number of hydrogen-bond acceptors (Lipinski definition) is 2. The fraction of sp³-hybridized carbons (Fsp3) is 0.125. The number of hydrogen-bond donors (Lipinski definition) is 1. The summed E-state index contributed by atoms with van der Waals surface area (Å²) >= 11 is 0. The van der Waals surface area contributed by atoms with Crippen molar-refractivity contribution in [1.29, 1.82) is 0 Å². The van der Waals surface area contributed by atoms with Crippen LogP contribution in [0.4, 0.5) is 0 Å². The molecular formula is C16H17NO. The lowest BCUT2D eigenvalue weighted by molar-refractivity contribution is 0.415. The molecule has 0 unspecified atom stereocenters. The molecule has 0 spiro atoms. The van der Waals surface area contributed by atoms with Gasteiger partial charge in [-0.05, 0) is 28.8 Å². The Bertz CT molecular complexity index is 529. The summed E-state index contributed by atoms with van der Waals surface area (Å²) in [5.41, 5.74) is 9.17. The normalized spacial score (nSPS) is 10.8. The second-order valence-corrected chi connectivity index (χ2v) is 4.01. The molecule has 0 radical (unpaired) electrons. The molecule has 0 aliphatic carbocycles. The van der Waals surface area contributed by atoms with E-state index in [9.17, 15) is 0 Å². The summed E-state index contributed by atoms with van der Waals surface area (Å²) in [6.07, 6.45) is 4.16. The molecule has 0 aromatic heterocycles. The third kappa shape index (κ3) is 2.99. The van der Waals surface area contributed by atoms with Crippen LogP contribution in [-0.2, 0) is 6.54 Å². The summed E-state index contributed by atoms with van der Waals surface area (Å²) in [5, 5.41) is 0. The van der Waals surface area contributed by atoms with Crippen LogP contribution in [-0.4, -0.2) is 7.11 Å². The highest BCUT2D eigenvalue weighted by Crippen LogP contribution is 2.15. The molecule has 2 nitrogen and oxygen atoms in total. The van der Waals surface area contributed by atoms with E-state index in [0.717, 1.165) is 22.4 Å². The van der Waals surface area contributed by atoms with Gasteiger partial charge in [0.2, 0.25) is 0 Å². The molecule has 0 bridgehead atoms. The standard InChI is InChI=1S/C16H17NO/c1-18-16-10-7-13(8-11-16)6-9-14-4-2-3-5-15(14)12-17/h2-11H,12,17H2,1H3/b9-6+. The van der Waals surface area contributed by atoms with Crippen LogP contribution >= 0.6 is 0 Å². The molecule has 0 fully saturated rings. The summed E-state index contributed by atoms with van der Waals surface area (Å²) in [5.74, 6) is 0.870. The molecule has 92 valence electrons. The Labute approximate surface area is 108 Å². The molecule has 0 saturated heterocycles. The van der Waals surface area contributed by atoms with Crippen LogP contribution in [0.5, 0.6) is 5.75 Å². The number of benzene rings is 2. The van der Waals surface area contributed by atoms with Crippen LogP contribution < -0.4 is 10.5 Å². The minimum absolute atomic E-state index is 0.559. The Morgan fingerprint density at radius 2 is 1.72 bits per heavy atom. The maximum Gasteiger partial charge on any atom is 0.118 e. The van der Waals surface area contributed by atoms with E-state index in [-0.39, 0.29) is 0 Å². The molecule has 2 aromatic rings. The van der Waals surface area contributed by atoms with E-state index >= 15 is 0 Å². The number of methoxy groups -OCH3 is 1. The van der Waals surface area contributed by atoms with Crippen molar-refractivity contribution in [3.63, 3.8) is 0 Å². The van der Waals surface area contributed by atoms with Gasteiger partial charge in [0.1, 0.15) is 5.75 Å². The first-order valence-electron chi connectivity index (χ1n) is 5.93. The Balaban J connectivity index is 2.19. The monoisotopic (exact) mass is 239 g/mol. The predicted molar refractivity (Wildman–Crippen MR) is 76.3 cm³/mol. The van der Waals surface area contributed by atoms with Crippen molar-refractivity contribution in [2.24, 2.45) is 5.73 Å². The van der Waals surface area contributed by atoms with E-state index in [1.54, 1.807) is 7.11 Å². The maximum absolute atomic E-state index is 5.71. The van der Waals surface area contributed by atoms with Crippen molar-refractivity contribution >= 4 is 12.2 Å². The zero-order valence-electron chi connectivity index (χ0n) is 10.5. The van der Waals surface area contributed by atoms with E-state index in [1.807, 2.05) is 42.5 Å². The van der Waals surface area contributed by atoms with E-state index in [1.165, 1.54) is 0 Å². The van der Waals surface area contributed by atoms with Gasteiger partial charge < -0.3 is 10.5 Å². The van der Waals surface area contributed by atoms with Crippen molar-refractivity contribution in [2.45, 2.75) is 6.54 Å². The van der Waals surface area contributed by atoms with Crippen molar-refractivity contribution in [2.75, 3.05) is 7.11 Å². The summed E-state index contributed by atoms with van der Waals surface area (Å²) in [4.78, 5) is 0. The minimum Gasteiger partial charge on any atom is -0.497 e. The van der Waals surface area contributed by atoms with Gasteiger partial charge in [0, 0.05) is 6.54 Å². The quantitative estimate of drug-likeness (QED) is 0.831. The largest absolute Gasteiger partial charge is 0.497 e. The lowest BCUT2D eigenvalue weighted by atomic mass is 10.1. The lowest BCUT2D eigenvalue weighted by Gasteiger charge is -2.02. The van der Waals surface area contributed by atoms with Gasteiger partial charge >= 0.3 is 0 Å². The smallest absolute Gasteiger partial charge is 0.118 e. The average molecular weight is 239 g/mol. The Hall–Kier alpha value is -2.06. The SMILES string of the molecule is COc1ccc(/C=C/c2ccccc2CN)cc1. The summed E-state index contributed by atoms with van der Waals surface area (Å²) in [7, 11) is 1.67. The van der Waals surface area contributed by atoms with Gasteiger partial charge in [-0.3, -0.25) is 0 Å². The number of ether oxygens (including phenoxy) is 1. The van der Waals surface area contributed by atoms with E-state index in [4.69, 9.17) is 10.5 Å². The second-order valence-electron chi connectivity index (χ2n) is 4.01. The average Bonchev–Trinajstić information content (AvgIpc) is 2.46. The zero-order valence-corrected chi connectivity index (χ0v) is 10.5. The van der Waals surface area contributed by atoms with E-state index in [0.29, 0.717) is 6.54 Å². The fourth-order valence-electron chi connectivity index (χ4n) is 1.78. The highest BCUT2D eigenvalue weighted by molar-refractivity contribution is 5.71. The van der Waals surface area contributed by atoms with Crippen LogP contribution in [0.3, 0.4) is 0 Å². The van der Waals surface area contributed by atoms with Crippen LogP contribution in [0.2, 0.25) is 0 Å². The summed E-state index contributed by atoms with van der Waals surface area (Å²) in [6, 6.07) is 16.1. The molecule has 0 saturated carbocycles. The Morgan fingerprint density at radius 3 is 2.39 bits per heavy atom. The molecular weight excluding hydrogens is 222 g/mol. The van der Waals surface area contributed by atoms with Gasteiger partial charge in [0.05, 0.1) is 7.11 Å². The lowest BCUT2D eigenvalue weighted by Crippen LogP contribution is -1.97. The highest BCUT2D eigenvalue weighted by Gasteiger charge is 1.95. The minimum atomic E-state index is 0.559. The molecule has 2 N–H and O–H groups in total. The summed E-state index contributed by atoms with van der Waals surface area (Å²) < 4.78 is 5.13. The van der Waals surface area contributed by atoms with E-state index < -0.39 is 0 Å². The van der Waals surface area contributed by atoms with Gasteiger partial charge in [-0.2, -0.15) is 0 Å². The van der Waals surface area contributed by atoms with Gasteiger partial charge in [0.15, 0.2) is 0 Å². The number of nitrogens with two attached hydrogens (primary N) is 1. The Kier molecular flexibility index (Phi) is 4.15. The third-order valence-electron chi connectivity index (χ3n) is 2.85. The van der Waals surface area contributed by atoms with Crippen molar-refractivity contribution in [3.8, 4) is 5.75 Å². The molecule has 0 atom stereocenters. The number of rotatable bonds is 4. The van der Waals surface area contributed by atoms with Crippen molar-refractivity contribution in [1.82, 2.24) is 0 Å². The summed E-state index contributed by atoms with van der Waals surface area (Å²) in [6.45, 7) is 0.559. The first kappa shape index (κ1) is 12.4. The van der Waals surface area contributed by atoms with Gasteiger partial charge in [0.25, 0.3) is 0 Å². The van der Waals surface area contributed by atoms with E-state index in [2.05, 4.69) is 18.2 Å². The fourth-order valence-corrected chi connectivity index (χ4v) is 1.78. The van der Waals surface area contributed by atoms with Gasteiger partial charge in [-0.15, -0.1) is 0 Å². The molecule has 2 heteroatoms. The molecule has 0 aliphatic rings. The molecule has 0 heterocycles. The predicted octanol–water partition coefficient (Wildman–Crippen LogP) is 3.32. The molecule has 2 aromatic carbocycles. The highest BCUT2D eigenvalue weighted by atomic mass is 16.5. The molecule has 18 heavy (non-hydrogen) atoms. The first-order valence-corrected chi connectivity index (χ1v) is 5.93. The third-order valence-corrected chi connectivity index (χ3v) is 2.85. The molecule has 0 aliphatic heterocycles. The van der Waals surface area contributed by atoms with Crippen LogP contribution in [0.15, 0.2) is 48.5 Å².